The molecule has 6 heterocycles. The Morgan fingerprint density at radius 3 is 1.53 bits per heavy atom. The lowest BCUT2D eigenvalue weighted by molar-refractivity contribution is -0.0166. The van der Waals surface area contributed by atoms with Crippen LogP contribution in [0.2, 0.25) is 0 Å². The number of nitrogens with zero attached hydrogens (tertiary/aromatic N) is 2. The van der Waals surface area contributed by atoms with Gasteiger partial charge < -0.3 is 51.4 Å². The molecule has 11 nitrogen and oxygen atoms in total. The van der Waals surface area contributed by atoms with Crippen LogP contribution in [0, 0.1) is 0 Å². The highest BCUT2D eigenvalue weighted by atomic mass is 32.2. The molecule has 49 heavy (non-hydrogen) atoms. The van der Waals surface area contributed by atoms with Gasteiger partial charge in [-0.25, -0.2) is 0 Å². The monoisotopic (exact) mass is 702 g/mol. The van der Waals surface area contributed by atoms with E-state index in [1.807, 2.05) is 11.8 Å². The Morgan fingerprint density at radius 2 is 1.16 bits per heavy atom. The summed E-state index contributed by atoms with van der Waals surface area (Å²) < 4.78 is 10.4. The molecule has 0 aromatic heterocycles. The van der Waals surface area contributed by atoms with Gasteiger partial charge in [0.25, 0.3) is 0 Å². The first-order valence-electron chi connectivity index (χ1n) is 18.5. The molecule has 0 spiro atoms. The quantitative estimate of drug-likeness (QED) is 0.213. The van der Waals surface area contributed by atoms with Crippen molar-refractivity contribution in [1.82, 2.24) is 36.4 Å². The Kier molecular flexibility index (Phi) is 22.9. The third-order valence-corrected chi connectivity index (χ3v) is 9.51. The SMILES string of the molecule is C1CCNC1.C1COCCN1.CC1CNCC(C)O1.CN1CCNCC1.OCCN1CCNCC1.c1ccc2c(c1)Nc1ccccc1S2. The maximum atomic E-state index is 8.56. The smallest absolute Gasteiger partial charge is 0.0675 e. The van der Waals surface area contributed by atoms with Crippen molar-refractivity contribution in [1.29, 1.82) is 0 Å². The average molecular weight is 703 g/mol. The van der Waals surface area contributed by atoms with E-state index in [9.17, 15) is 0 Å². The summed E-state index contributed by atoms with van der Waals surface area (Å²) in [7, 11) is 2.15. The van der Waals surface area contributed by atoms with Crippen molar-refractivity contribution in [3.63, 3.8) is 0 Å². The number of nitrogens with one attached hydrogen (secondary N) is 6. The number of fused-ring (bicyclic) bond motifs is 2. The van der Waals surface area contributed by atoms with E-state index < -0.39 is 0 Å². The molecule has 2 unspecified atom stereocenters. The molecule has 7 N–H and O–H groups in total. The molecule has 2 atom stereocenters. The van der Waals surface area contributed by atoms with Crippen LogP contribution in [0.3, 0.4) is 0 Å². The molecule has 8 rings (SSSR count). The lowest BCUT2D eigenvalue weighted by atomic mass is 10.2. The summed E-state index contributed by atoms with van der Waals surface area (Å²) in [6, 6.07) is 16.8. The fraction of sp³-hybridized carbons (Fsp3) is 0.676. The van der Waals surface area contributed by atoms with Crippen LogP contribution in [0.25, 0.3) is 0 Å². The van der Waals surface area contributed by atoms with E-state index in [2.05, 4.69) is 111 Å². The second-order valence-corrected chi connectivity index (χ2v) is 13.9. The van der Waals surface area contributed by atoms with Gasteiger partial charge in [0.1, 0.15) is 0 Å². The minimum atomic E-state index is 0.292. The third-order valence-electron chi connectivity index (χ3n) is 8.36. The number of aliphatic hydroxyl groups excluding tert-OH is 1. The number of rotatable bonds is 2. The lowest BCUT2D eigenvalue weighted by Gasteiger charge is -2.25. The summed E-state index contributed by atoms with van der Waals surface area (Å²) >= 11 is 1.82. The second-order valence-electron chi connectivity index (χ2n) is 12.8. The molecule has 6 aliphatic rings. The largest absolute Gasteiger partial charge is 0.395 e. The zero-order valence-electron chi connectivity index (χ0n) is 30.5. The van der Waals surface area contributed by atoms with Gasteiger partial charge >= 0.3 is 0 Å². The number of hydrogen-bond donors (Lipinski definition) is 7. The van der Waals surface area contributed by atoms with Crippen molar-refractivity contribution in [2.24, 2.45) is 0 Å². The Bertz CT molecular complexity index is 966. The summed E-state index contributed by atoms with van der Waals surface area (Å²) in [5.41, 5.74) is 2.41. The number of aliphatic hydroxyl groups is 1. The van der Waals surface area contributed by atoms with Gasteiger partial charge in [0, 0.05) is 94.9 Å². The van der Waals surface area contributed by atoms with Crippen molar-refractivity contribution in [3.05, 3.63) is 48.5 Å². The first kappa shape index (κ1) is 41.6. The van der Waals surface area contributed by atoms with Crippen molar-refractivity contribution >= 4 is 23.1 Å². The molecule has 2 aromatic rings. The molecule has 278 valence electrons. The molecule has 0 aliphatic carbocycles. The van der Waals surface area contributed by atoms with Gasteiger partial charge in [-0.3, -0.25) is 4.90 Å². The molecule has 12 heteroatoms. The van der Waals surface area contributed by atoms with Gasteiger partial charge in [0.2, 0.25) is 0 Å². The topological polar surface area (TPSA) is 117 Å². The molecule has 5 fully saturated rings. The van der Waals surface area contributed by atoms with Gasteiger partial charge in [0.05, 0.1) is 43.4 Å². The van der Waals surface area contributed by atoms with E-state index in [0.29, 0.717) is 18.8 Å². The predicted octanol–water partition coefficient (Wildman–Crippen LogP) is 2.66. The number of piperazine rings is 2. The number of para-hydroxylation sites is 2. The first-order chi connectivity index (χ1) is 24.0. The molecule has 0 saturated carbocycles. The number of anilines is 2. The summed E-state index contributed by atoms with van der Waals surface area (Å²) in [5.74, 6) is 0. The Labute approximate surface area is 301 Å². The van der Waals surface area contributed by atoms with Crippen LogP contribution in [0.5, 0.6) is 0 Å². The van der Waals surface area contributed by atoms with E-state index in [-0.39, 0.29) is 0 Å². The maximum Gasteiger partial charge on any atom is 0.0675 e. The molecule has 0 amide bonds. The fourth-order valence-corrected chi connectivity index (χ4v) is 6.55. The molecule has 2 aromatic carbocycles. The molecule has 5 saturated heterocycles. The summed E-state index contributed by atoms with van der Waals surface area (Å²) in [5, 5.41) is 28.1. The Morgan fingerprint density at radius 1 is 0.673 bits per heavy atom. The van der Waals surface area contributed by atoms with Crippen LogP contribution in [-0.4, -0.2) is 152 Å². The molecule has 0 radical (unpaired) electrons. The third kappa shape index (κ3) is 19.4. The summed E-state index contributed by atoms with van der Waals surface area (Å²) in [6.07, 6.45) is 3.58. The van der Waals surface area contributed by atoms with E-state index in [1.54, 1.807) is 0 Å². The standard InChI is InChI=1S/C12H9NS.C6H14N2O.C6H13NO.C5H12N2.C4H9NO.C4H9N/c1-3-7-11-9(5-1)13-10-6-2-4-8-12(10)14-11;9-6-5-8-3-1-7-2-4-8;1-5-3-7-4-6(2)8-5;1-7-4-2-6-3-5-7;1-3-6-4-2-5-1;1-2-4-5-3-1/h1-8,13H;7,9H,1-6H2;5-7H,3-4H2,1-2H3;6H,2-5H2,1H3;5H,1-4H2;5H,1-4H2. The highest BCUT2D eigenvalue weighted by Gasteiger charge is 2.14. The van der Waals surface area contributed by atoms with Crippen LogP contribution in [-0.2, 0) is 9.47 Å². The fourth-order valence-electron chi connectivity index (χ4n) is 5.56. The normalized spacial score (nSPS) is 23.2. The van der Waals surface area contributed by atoms with Crippen LogP contribution >= 0.6 is 11.8 Å². The van der Waals surface area contributed by atoms with Gasteiger partial charge in [0.15, 0.2) is 0 Å². The number of ether oxygens (including phenoxy) is 2. The number of morpholine rings is 2. The van der Waals surface area contributed by atoms with E-state index in [1.165, 1.54) is 60.2 Å². The summed E-state index contributed by atoms with van der Waals surface area (Å²) in [4.78, 5) is 7.19. The van der Waals surface area contributed by atoms with Gasteiger partial charge in [-0.1, -0.05) is 36.0 Å². The van der Waals surface area contributed by atoms with Gasteiger partial charge in [-0.05, 0) is 71.1 Å². The number of hydrogen-bond acceptors (Lipinski definition) is 12. The van der Waals surface area contributed by atoms with E-state index >= 15 is 0 Å². The lowest BCUT2D eigenvalue weighted by Crippen LogP contribution is -2.44. The van der Waals surface area contributed by atoms with E-state index in [0.717, 1.165) is 85.2 Å². The average Bonchev–Trinajstić information content (AvgIpc) is 3.74. The van der Waals surface area contributed by atoms with Crippen LogP contribution < -0.4 is 31.9 Å². The maximum absolute atomic E-state index is 8.56. The second kappa shape index (κ2) is 26.9. The van der Waals surface area contributed by atoms with Gasteiger partial charge in [-0.15, -0.1) is 0 Å². The van der Waals surface area contributed by atoms with Crippen molar-refractivity contribution in [2.75, 3.05) is 130 Å². The zero-order valence-corrected chi connectivity index (χ0v) is 31.3. The van der Waals surface area contributed by atoms with Crippen molar-refractivity contribution < 1.29 is 14.6 Å². The minimum absolute atomic E-state index is 0.292. The molecule has 6 aliphatic heterocycles. The molecule has 0 bridgehead atoms. The summed E-state index contributed by atoms with van der Waals surface area (Å²) in [6.45, 7) is 22.7. The Balaban J connectivity index is 0.000000165. The molecular weight excluding hydrogens is 637 g/mol. The van der Waals surface area contributed by atoms with Crippen LogP contribution in [0.4, 0.5) is 11.4 Å². The van der Waals surface area contributed by atoms with Gasteiger partial charge in [-0.2, -0.15) is 0 Å². The Hall–Kier alpha value is -1.81. The minimum Gasteiger partial charge on any atom is -0.395 e. The number of β-amino-alcohol motifs (C(OH)–C–C–N with tert-alkyl or cyclic N) is 1. The van der Waals surface area contributed by atoms with Crippen molar-refractivity contribution in [2.45, 2.75) is 48.7 Å². The van der Waals surface area contributed by atoms with Crippen molar-refractivity contribution in [3.8, 4) is 0 Å². The highest BCUT2D eigenvalue weighted by molar-refractivity contribution is 7.99. The number of likely N-dealkylation sites (N-methyl/N-ethyl adjacent to an activating group) is 1. The first-order valence-corrected chi connectivity index (χ1v) is 19.3. The van der Waals surface area contributed by atoms with Crippen LogP contribution in [0.1, 0.15) is 26.7 Å². The number of benzene rings is 2. The zero-order chi connectivity index (χ0) is 34.8. The highest BCUT2D eigenvalue weighted by Crippen LogP contribution is 2.43. The van der Waals surface area contributed by atoms with E-state index in [4.69, 9.17) is 14.6 Å². The van der Waals surface area contributed by atoms with Crippen LogP contribution in [0.15, 0.2) is 58.3 Å². The predicted molar refractivity (Wildman–Crippen MR) is 206 cm³/mol. The molecular formula is C37H66N8O3S.